The molecule has 5 heteroatoms. The molecule has 0 amide bonds. The van der Waals surface area contributed by atoms with Gasteiger partial charge in [0.05, 0.1) is 17.2 Å². The van der Waals surface area contributed by atoms with Crippen molar-refractivity contribution in [3.8, 4) is 0 Å². The van der Waals surface area contributed by atoms with E-state index in [-0.39, 0.29) is 12.0 Å². The molecular weight excluding hydrogens is 249 g/mol. The van der Waals surface area contributed by atoms with E-state index in [1.54, 1.807) is 12.1 Å². The fourth-order valence-electron chi connectivity index (χ4n) is 1.74. The molecule has 0 N–H and O–H groups in total. The van der Waals surface area contributed by atoms with Gasteiger partial charge in [0.25, 0.3) is 0 Å². The summed E-state index contributed by atoms with van der Waals surface area (Å²) in [6.07, 6.45) is 0.812. The third kappa shape index (κ3) is 1.97. The number of benzene rings is 1. The molecule has 1 aliphatic rings. The minimum Gasteiger partial charge on any atom is -0.467 e. The molecule has 1 atom stereocenters. The van der Waals surface area contributed by atoms with Gasteiger partial charge in [-0.25, -0.2) is 4.79 Å². The van der Waals surface area contributed by atoms with Crippen LogP contribution in [0.4, 0.5) is 5.69 Å². The molecule has 1 aliphatic heterocycles. The number of ether oxygens (including phenoxy) is 1. The first kappa shape index (κ1) is 11.6. The van der Waals surface area contributed by atoms with Gasteiger partial charge in [0.1, 0.15) is 6.04 Å². The minimum atomic E-state index is -0.211. The van der Waals surface area contributed by atoms with Crippen molar-refractivity contribution in [3.63, 3.8) is 0 Å². The van der Waals surface area contributed by atoms with Crippen molar-refractivity contribution >= 4 is 34.9 Å². The van der Waals surface area contributed by atoms with Crippen LogP contribution in [0.5, 0.6) is 0 Å². The molecular formula is C11H11Cl2NO2. The van der Waals surface area contributed by atoms with E-state index in [9.17, 15) is 4.79 Å². The molecule has 86 valence electrons. The Morgan fingerprint density at radius 2 is 2.19 bits per heavy atom. The highest BCUT2D eigenvalue weighted by molar-refractivity contribution is 6.42. The number of hydrogen-bond acceptors (Lipinski definition) is 3. The number of hydrogen-bond donors (Lipinski definition) is 0. The molecule has 0 bridgehead atoms. The first-order valence-electron chi connectivity index (χ1n) is 4.93. The third-order valence-electron chi connectivity index (χ3n) is 2.73. The normalized spacial score (nSPS) is 19.2. The fourth-order valence-corrected chi connectivity index (χ4v) is 2.03. The average Bonchev–Trinajstić information content (AvgIpc) is 2.21. The third-order valence-corrected chi connectivity index (χ3v) is 3.47. The molecule has 1 saturated heterocycles. The molecule has 0 spiro atoms. The predicted octanol–water partition coefficient (Wildman–Crippen LogP) is 2.75. The second-order valence-corrected chi connectivity index (χ2v) is 4.43. The molecule has 0 radical (unpaired) electrons. The monoisotopic (exact) mass is 259 g/mol. The summed E-state index contributed by atoms with van der Waals surface area (Å²) >= 11 is 11.8. The maximum Gasteiger partial charge on any atom is 0.328 e. The van der Waals surface area contributed by atoms with E-state index < -0.39 is 0 Å². The highest BCUT2D eigenvalue weighted by Crippen LogP contribution is 2.32. The lowest BCUT2D eigenvalue weighted by Crippen LogP contribution is -2.53. The van der Waals surface area contributed by atoms with Crippen LogP contribution in [0.15, 0.2) is 18.2 Å². The number of anilines is 1. The van der Waals surface area contributed by atoms with E-state index in [1.165, 1.54) is 7.11 Å². The number of methoxy groups -OCH3 is 1. The standard InChI is InChI=1S/C11H11Cl2NO2/c1-16-11(15)10-4-5-14(10)7-2-3-8(12)9(13)6-7/h2-3,6,10H,4-5H2,1H3. The van der Waals surface area contributed by atoms with Gasteiger partial charge in [0, 0.05) is 12.2 Å². The smallest absolute Gasteiger partial charge is 0.328 e. The van der Waals surface area contributed by atoms with Crippen molar-refractivity contribution in [2.45, 2.75) is 12.5 Å². The van der Waals surface area contributed by atoms with E-state index in [4.69, 9.17) is 27.9 Å². The quantitative estimate of drug-likeness (QED) is 0.766. The van der Waals surface area contributed by atoms with Gasteiger partial charge in [-0.15, -0.1) is 0 Å². The maximum atomic E-state index is 11.4. The van der Waals surface area contributed by atoms with Crippen LogP contribution in [0.2, 0.25) is 10.0 Å². The fraction of sp³-hybridized carbons (Fsp3) is 0.364. The summed E-state index contributed by atoms with van der Waals surface area (Å²) in [5, 5.41) is 1.01. The van der Waals surface area contributed by atoms with E-state index in [1.807, 2.05) is 11.0 Å². The van der Waals surface area contributed by atoms with Gasteiger partial charge >= 0.3 is 5.97 Å². The second-order valence-electron chi connectivity index (χ2n) is 3.62. The number of carbonyl (C=O) groups is 1. The first-order valence-corrected chi connectivity index (χ1v) is 5.68. The molecule has 16 heavy (non-hydrogen) atoms. The van der Waals surface area contributed by atoms with Gasteiger partial charge in [-0.2, -0.15) is 0 Å². The Kier molecular flexibility index (Phi) is 3.26. The summed E-state index contributed by atoms with van der Waals surface area (Å²) in [4.78, 5) is 13.4. The van der Waals surface area contributed by atoms with Crippen LogP contribution in [0, 0.1) is 0 Å². The van der Waals surface area contributed by atoms with Crippen LogP contribution < -0.4 is 4.90 Å². The zero-order chi connectivity index (χ0) is 11.7. The summed E-state index contributed by atoms with van der Waals surface area (Å²) in [5.74, 6) is -0.211. The lowest BCUT2D eigenvalue weighted by Gasteiger charge is -2.40. The second kappa shape index (κ2) is 4.52. The average molecular weight is 260 g/mol. The van der Waals surface area contributed by atoms with Crippen molar-refractivity contribution in [1.82, 2.24) is 0 Å². The van der Waals surface area contributed by atoms with E-state index in [0.717, 1.165) is 18.7 Å². The predicted molar refractivity (Wildman–Crippen MR) is 64.2 cm³/mol. The number of halogens is 2. The molecule has 1 fully saturated rings. The van der Waals surface area contributed by atoms with Crippen LogP contribution in [0.3, 0.4) is 0 Å². The van der Waals surface area contributed by atoms with Crippen LogP contribution in [-0.2, 0) is 9.53 Å². The molecule has 0 aromatic heterocycles. The Bertz CT molecular complexity index is 422. The molecule has 1 aromatic carbocycles. The van der Waals surface area contributed by atoms with Crippen LogP contribution in [-0.4, -0.2) is 25.7 Å². The van der Waals surface area contributed by atoms with E-state index in [2.05, 4.69) is 0 Å². The molecule has 0 saturated carbocycles. The Balaban J connectivity index is 2.19. The zero-order valence-electron chi connectivity index (χ0n) is 8.74. The van der Waals surface area contributed by atoms with Crippen LogP contribution in [0.25, 0.3) is 0 Å². The largest absolute Gasteiger partial charge is 0.467 e. The molecule has 3 nitrogen and oxygen atoms in total. The molecule has 1 heterocycles. The lowest BCUT2D eigenvalue weighted by atomic mass is 10.0. The topological polar surface area (TPSA) is 29.5 Å². The zero-order valence-corrected chi connectivity index (χ0v) is 10.3. The first-order chi connectivity index (χ1) is 7.63. The van der Waals surface area contributed by atoms with Gasteiger partial charge in [0.15, 0.2) is 0 Å². The van der Waals surface area contributed by atoms with Crippen molar-refractivity contribution in [3.05, 3.63) is 28.2 Å². The number of esters is 1. The Hall–Kier alpha value is -0.930. The minimum absolute atomic E-state index is 0.192. The Labute approximate surface area is 104 Å². The number of nitrogens with zero attached hydrogens (tertiary/aromatic N) is 1. The van der Waals surface area contributed by atoms with Gasteiger partial charge in [-0.1, -0.05) is 23.2 Å². The molecule has 1 aromatic rings. The van der Waals surface area contributed by atoms with Gasteiger partial charge < -0.3 is 9.64 Å². The molecule has 2 rings (SSSR count). The van der Waals surface area contributed by atoms with Crippen molar-refractivity contribution in [2.75, 3.05) is 18.6 Å². The van der Waals surface area contributed by atoms with Crippen molar-refractivity contribution in [2.24, 2.45) is 0 Å². The molecule has 0 aliphatic carbocycles. The van der Waals surface area contributed by atoms with Crippen molar-refractivity contribution < 1.29 is 9.53 Å². The lowest BCUT2D eigenvalue weighted by molar-refractivity contribution is -0.143. The highest BCUT2D eigenvalue weighted by Gasteiger charge is 2.35. The SMILES string of the molecule is COC(=O)C1CCN1c1ccc(Cl)c(Cl)c1. The Morgan fingerprint density at radius 3 is 2.69 bits per heavy atom. The summed E-state index contributed by atoms with van der Waals surface area (Å²) < 4.78 is 4.72. The van der Waals surface area contributed by atoms with Crippen LogP contribution in [0.1, 0.15) is 6.42 Å². The number of carbonyl (C=O) groups excluding carboxylic acids is 1. The van der Waals surface area contributed by atoms with E-state index in [0.29, 0.717) is 10.0 Å². The summed E-state index contributed by atoms with van der Waals surface area (Å²) in [6.45, 7) is 0.831. The van der Waals surface area contributed by atoms with Gasteiger partial charge in [0.2, 0.25) is 0 Å². The number of rotatable bonds is 2. The molecule has 1 unspecified atom stereocenters. The van der Waals surface area contributed by atoms with Crippen LogP contribution >= 0.6 is 23.2 Å². The van der Waals surface area contributed by atoms with Crippen molar-refractivity contribution in [1.29, 1.82) is 0 Å². The Morgan fingerprint density at radius 1 is 1.44 bits per heavy atom. The maximum absolute atomic E-state index is 11.4. The van der Waals surface area contributed by atoms with E-state index >= 15 is 0 Å². The summed E-state index contributed by atoms with van der Waals surface area (Å²) in [5.41, 5.74) is 0.899. The van der Waals surface area contributed by atoms with Gasteiger partial charge in [-0.05, 0) is 24.6 Å². The summed E-state index contributed by atoms with van der Waals surface area (Å²) in [7, 11) is 1.40. The highest BCUT2D eigenvalue weighted by atomic mass is 35.5. The van der Waals surface area contributed by atoms with Gasteiger partial charge in [-0.3, -0.25) is 0 Å². The summed E-state index contributed by atoms with van der Waals surface area (Å²) in [6, 6.07) is 5.15.